The van der Waals surface area contributed by atoms with Crippen molar-refractivity contribution in [1.82, 2.24) is 9.78 Å². The Morgan fingerprint density at radius 2 is 2.13 bits per heavy atom. The fourth-order valence-corrected chi connectivity index (χ4v) is 2.41. The van der Waals surface area contributed by atoms with Crippen molar-refractivity contribution in [3.8, 4) is 0 Å². The molecule has 2 N–H and O–H groups in total. The molecule has 4 heteroatoms. The number of nitrogens with two attached hydrogens (primary N) is 1. The van der Waals surface area contributed by atoms with Crippen LogP contribution < -0.4 is 5.73 Å². The highest BCUT2D eigenvalue weighted by atomic mass is 35.5. The summed E-state index contributed by atoms with van der Waals surface area (Å²) in [5, 5.41) is 4.76. The van der Waals surface area contributed by atoms with Gasteiger partial charge in [0.25, 0.3) is 0 Å². The lowest BCUT2D eigenvalue weighted by atomic mass is 9.83. The average molecular weight is 228 g/mol. The van der Waals surface area contributed by atoms with Gasteiger partial charge in [0.05, 0.1) is 6.20 Å². The molecule has 84 valence electrons. The zero-order chi connectivity index (χ0) is 10.8. The van der Waals surface area contributed by atoms with E-state index in [1.165, 1.54) is 25.7 Å². The second-order valence-electron chi connectivity index (χ2n) is 4.69. The Hall–Kier alpha value is -0.700. The standard InChI is InChI=1S/C11H18ClN3/c1-8-2-4-9(5-3-8)7-15-11(13)10(12)6-14-15/h6,8-9H,2-5,7,13H2,1H3. The minimum atomic E-state index is 0.569. The van der Waals surface area contributed by atoms with E-state index in [0.717, 1.165) is 18.4 Å². The van der Waals surface area contributed by atoms with Crippen LogP contribution in [-0.4, -0.2) is 9.78 Å². The van der Waals surface area contributed by atoms with E-state index in [-0.39, 0.29) is 0 Å². The van der Waals surface area contributed by atoms with Crippen LogP contribution in [0.4, 0.5) is 5.82 Å². The highest BCUT2D eigenvalue weighted by Crippen LogP contribution is 2.30. The van der Waals surface area contributed by atoms with Crippen LogP contribution in [0.3, 0.4) is 0 Å². The topological polar surface area (TPSA) is 43.8 Å². The van der Waals surface area contributed by atoms with E-state index in [9.17, 15) is 0 Å². The Kier molecular flexibility index (Phi) is 3.19. The fraction of sp³-hybridized carbons (Fsp3) is 0.727. The normalized spacial score (nSPS) is 26.8. The molecule has 0 saturated heterocycles. The van der Waals surface area contributed by atoms with Crippen molar-refractivity contribution in [2.24, 2.45) is 11.8 Å². The number of nitrogens with zero attached hydrogens (tertiary/aromatic N) is 2. The molecule has 0 aliphatic heterocycles. The van der Waals surface area contributed by atoms with Gasteiger partial charge in [-0.05, 0) is 24.7 Å². The van der Waals surface area contributed by atoms with Gasteiger partial charge in [-0.25, -0.2) is 4.68 Å². The molecule has 0 spiro atoms. The van der Waals surface area contributed by atoms with Gasteiger partial charge in [-0.3, -0.25) is 0 Å². The van der Waals surface area contributed by atoms with Crippen LogP contribution in [0.25, 0.3) is 0 Å². The van der Waals surface area contributed by atoms with Crippen molar-refractivity contribution >= 4 is 17.4 Å². The first-order valence-corrected chi connectivity index (χ1v) is 6.01. The van der Waals surface area contributed by atoms with E-state index >= 15 is 0 Å². The van der Waals surface area contributed by atoms with E-state index < -0.39 is 0 Å². The Labute approximate surface area is 95.6 Å². The Bertz CT molecular complexity index is 327. The van der Waals surface area contributed by atoms with Crippen LogP contribution in [0.2, 0.25) is 5.02 Å². The molecule has 15 heavy (non-hydrogen) atoms. The van der Waals surface area contributed by atoms with Crippen LogP contribution in [0, 0.1) is 11.8 Å². The summed E-state index contributed by atoms with van der Waals surface area (Å²) in [7, 11) is 0. The van der Waals surface area contributed by atoms with Gasteiger partial charge in [-0.1, -0.05) is 31.4 Å². The zero-order valence-electron chi connectivity index (χ0n) is 9.12. The predicted octanol–water partition coefficient (Wildman–Crippen LogP) is 2.95. The van der Waals surface area contributed by atoms with Crippen LogP contribution in [-0.2, 0) is 6.54 Å². The molecular weight excluding hydrogens is 210 g/mol. The van der Waals surface area contributed by atoms with Gasteiger partial charge < -0.3 is 5.73 Å². The quantitative estimate of drug-likeness (QED) is 0.844. The number of aromatic nitrogens is 2. The van der Waals surface area contributed by atoms with E-state index in [2.05, 4.69) is 12.0 Å². The molecule has 0 unspecified atom stereocenters. The molecular formula is C11H18ClN3. The lowest BCUT2D eigenvalue weighted by molar-refractivity contribution is 0.259. The highest BCUT2D eigenvalue weighted by molar-refractivity contribution is 6.32. The molecule has 2 rings (SSSR count). The van der Waals surface area contributed by atoms with Gasteiger partial charge in [0, 0.05) is 6.54 Å². The fourth-order valence-electron chi connectivity index (χ4n) is 2.27. The summed E-state index contributed by atoms with van der Waals surface area (Å²) in [5.41, 5.74) is 5.82. The number of halogens is 1. The summed E-state index contributed by atoms with van der Waals surface area (Å²) >= 11 is 5.86. The van der Waals surface area contributed by atoms with Crippen molar-refractivity contribution < 1.29 is 0 Å². The van der Waals surface area contributed by atoms with Crippen molar-refractivity contribution in [1.29, 1.82) is 0 Å². The van der Waals surface area contributed by atoms with Gasteiger partial charge in [-0.2, -0.15) is 5.10 Å². The van der Waals surface area contributed by atoms with Gasteiger partial charge in [0.15, 0.2) is 0 Å². The van der Waals surface area contributed by atoms with Crippen LogP contribution >= 0.6 is 11.6 Å². The number of hydrogen-bond acceptors (Lipinski definition) is 2. The Balaban J connectivity index is 1.94. The van der Waals surface area contributed by atoms with Crippen LogP contribution in [0.1, 0.15) is 32.6 Å². The third-order valence-electron chi connectivity index (χ3n) is 3.40. The molecule has 0 atom stereocenters. The first-order valence-electron chi connectivity index (χ1n) is 5.63. The van der Waals surface area contributed by atoms with E-state index in [1.807, 2.05) is 4.68 Å². The molecule has 1 aliphatic rings. The SMILES string of the molecule is CC1CCC(Cn2ncc(Cl)c2N)CC1. The van der Waals surface area contributed by atoms with Gasteiger partial charge >= 0.3 is 0 Å². The average Bonchev–Trinajstić information content (AvgIpc) is 2.53. The second kappa shape index (κ2) is 4.44. The first kappa shape index (κ1) is 10.8. The number of rotatable bonds is 2. The van der Waals surface area contributed by atoms with E-state index in [1.54, 1.807) is 6.20 Å². The molecule has 1 heterocycles. The zero-order valence-corrected chi connectivity index (χ0v) is 9.87. The molecule has 1 aromatic rings. The molecule has 0 aromatic carbocycles. The van der Waals surface area contributed by atoms with E-state index in [4.69, 9.17) is 17.3 Å². The minimum Gasteiger partial charge on any atom is -0.383 e. The van der Waals surface area contributed by atoms with Crippen molar-refractivity contribution in [3.63, 3.8) is 0 Å². The van der Waals surface area contributed by atoms with Crippen molar-refractivity contribution in [2.75, 3.05) is 5.73 Å². The smallest absolute Gasteiger partial charge is 0.140 e. The highest BCUT2D eigenvalue weighted by Gasteiger charge is 2.19. The molecule has 1 aliphatic carbocycles. The van der Waals surface area contributed by atoms with Gasteiger partial charge in [-0.15, -0.1) is 0 Å². The predicted molar refractivity (Wildman–Crippen MR) is 62.8 cm³/mol. The Morgan fingerprint density at radius 3 is 2.67 bits per heavy atom. The molecule has 1 fully saturated rings. The third kappa shape index (κ3) is 2.46. The molecule has 1 saturated carbocycles. The number of anilines is 1. The third-order valence-corrected chi connectivity index (χ3v) is 3.69. The maximum Gasteiger partial charge on any atom is 0.140 e. The maximum absolute atomic E-state index is 5.86. The van der Waals surface area contributed by atoms with Gasteiger partial charge in [0.1, 0.15) is 10.8 Å². The molecule has 1 aromatic heterocycles. The summed E-state index contributed by atoms with van der Waals surface area (Å²) < 4.78 is 1.84. The largest absolute Gasteiger partial charge is 0.383 e. The van der Waals surface area contributed by atoms with Crippen molar-refractivity contribution in [2.45, 2.75) is 39.2 Å². The monoisotopic (exact) mass is 227 g/mol. The number of nitrogen functional groups attached to an aromatic ring is 1. The molecule has 3 nitrogen and oxygen atoms in total. The van der Waals surface area contributed by atoms with E-state index in [0.29, 0.717) is 10.8 Å². The summed E-state index contributed by atoms with van der Waals surface area (Å²) in [6.45, 7) is 3.25. The lowest BCUT2D eigenvalue weighted by Crippen LogP contribution is -2.19. The van der Waals surface area contributed by atoms with Crippen LogP contribution in [0.5, 0.6) is 0 Å². The molecule has 0 radical (unpaired) electrons. The summed E-state index contributed by atoms with van der Waals surface area (Å²) in [5.74, 6) is 2.22. The number of hydrogen-bond donors (Lipinski definition) is 1. The summed E-state index contributed by atoms with van der Waals surface area (Å²) in [6.07, 6.45) is 6.87. The summed E-state index contributed by atoms with van der Waals surface area (Å²) in [6, 6.07) is 0. The van der Waals surface area contributed by atoms with Crippen molar-refractivity contribution in [3.05, 3.63) is 11.2 Å². The van der Waals surface area contributed by atoms with Crippen LogP contribution in [0.15, 0.2) is 6.20 Å². The molecule has 0 bridgehead atoms. The molecule has 0 amide bonds. The van der Waals surface area contributed by atoms with Gasteiger partial charge in [0.2, 0.25) is 0 Å². The first-order chi connectivity index (χ1) is 7.16. The lowest BCUT2D eigenvalue weighted by Gasteiger charge is -2.26. The maximum atomic E-state index is 5.86. The summed E-state index contributed by atoms with van der Waals surface area (Å²) in [4.78, 5) is 0. The second-order valence-corrected chi connectivity index (χ2v) is 5.09. The Morgan fingerprint density at radius 1 is 1.47 bits per heavy atom. The minimum absolute atomic E-state index is 0.569.